The van der Waals surface area contributed by atoms with E-state index in [0.29, 0.717) is 0 Å². The zero-order valence-electron chi connectivity index (χ0n) is 15.8. The van der Waals surface area contributed by atoms with Crippen LogP contribution >= 0.6 is 0 Å². The van der Waals surface area contributed by atoms with E-state index >= 15 is 0 Å². The van der Waals surface area contributed by atoms with Gasteiger partial charge in [-0.25, -0.2) is 0 Å². The monoisotopic (exact) mass is 346 g/mol. The van der Waals surface area contributed by atoms with E-state index < -0.39 is 5.97 Å². The van der Waals surface area contributed by atoms with E-state index in [2.05, 4.69) is 55.5 Å². The minimum absolute atomic E-state index is 0.131. The lowest BCUT2D eigenvalue weighted by Crippen LogP contribution is -2.52. The number of carbonyl (C=O) groups excluding carboxylic acids is 2. The molecule has 0 aliphatic heterocycles. The van der Waals surface area contributed by atoms with E-state index in [9.17, 15) is 9.59 Å². The second kappa shape index (κ2) is 8.48. The second-order valence-corrected chi connectivity index (χ2v) is 7.40. The molecule has 1 aromatic carbocycles. The molecule has 0 atom stereocenters. The van der Waals surface area contributed by atoms with Gasteiger partial charge in [0.15, 0.2) is 6.61 Å². The van der Waals surface area contributed by atoms with Crippen LogP contribution < -0.4 is 5.32 Å². The number of rotatable bonds is 6. The van der Waals surface area contributed by atoms with Crippen molar-refractivity contribution in [2.75, 3.05) is 20.7 Å². The molecular weight excluding hydrogens is 316 g/mol. The maximum absolute atomic E-state index is 11.8. The van der Waals surface area contributed by atoms with Gasteiger partial charge in [-0.05, 0) is 58.7 Å². The number of aryl methyl sites for hydroxylation is 1. The number of benzene rings is 1. The smallest absolute Gasteiger partial charge is 0.303 e. The van der Waals surface area contributed by atoms with Crippen LogP contribution in [0.5, 0.6) is 0 Å². The highest BCUT2D eigenvalue weighted by atomic mass is 16.5. The fraction of sp³-hybridized carbons (Fsp3) is 0.600. The van der Waals surface area contributed by atoms with Crippen LogP contribution in [0.2, 0.25) is 0 Å². The van der Waals surface area contributed by atoms with E-state index in [1.165, 1.54) is 18.1 Å². The molecule has 1 aromatic rings. The van der Waals surface area contributed by atoms with Gasteiger partial charge in [-0.15, -0.1) is 0 Å². The first-order chi connectivity index (χ1) is 11.8. The fourth-order valence-electron chi connectivity index (χ4n) is 3.60. The van der Waals surface area contributed by atoms with Crippen LogP contribution in [-0.2, 0) is 20.7 Å². The number of hydrogen-bond acceptors (Lipinski definition) is 4. The van der Waals surface area contributed by atoms with Crippen LogP contribution in [0.15, 0.2) is 24.3 Å². The summed E-state index contributed by atoms with van der Waals surface area (Å²) < 4.78 is 4.75. The second-order valence-electron chi connectivity index (χ2n) is 7.40. The maximum atomic E-state index is 11.8. The Labute approximate surface area is 150 Å². The number of likely N-dealkylation sites (N-methyl/N-ethyl adjacent to an activating group) is 1. The summed E-state index contributed by atoms with van der Waals surface area (Å²) in [5.41, 5.74) is 2.77. The standard InChI is InChI=1S/C20H30N2O3/c1-15-5-7-17(8-6-15)13-20(22(3)4)11-9-18(10-12-20)21-19(24)14-25-16(2)23/h5-8,18H,9-14H2,1-4H3,(H,21,24). The van der Waals surface area contributed by atoms with Crippen molar-refractivity contribution in [2.24, 2.45) is 0 Å². The average molecular weight is 346 g/mol. The van der Waals surface area contributed by atoms with Crippen molar-refractivity contribution < 1.29 is 14.3 Å². The van der Waals surface area contributed by atoms with Gasteiger partial charge in [0.1, 0.15) is 0 Å². The van der Waals surface area contributed by atoms with Crippen LogP contribution in [0.3, 0.4) is 0 Å². The third-order valence-electron chi connectivity index (χ3n) is 5.29. The molecule has 0 unspecified atom stereocenters. The first-order valence-electron chi connectivity index (χ1n) is 8.96. The predicted molar refractivity (Wildman–Crippen MR) is 98.3 cm³/mol. The summed E-state index contributed by atoms with van der Waals surface area (Å²) >= 11 is 0. The van der Waals surface area contributed by atoms with Gasteiger partial charge in [-0.3, -0.25) is 9.59 Å². The average Bonchev–Trinajstić information content (AvgIpc) is 2.57. The third kappa shape index (κ3) is 5.56. The number of amides is 1. The predicted octanol–water partition coefficient (Wildman–Crippen LogP) is 2.46. The van der Waals surface area contributed by atoms with Gasteiger partial charge in [0.05, 0.1) is 0 Å². The van der Waals surface area contributed by atoms with E-state index in [1.54, 1.807) is 0 Å². The highest BCUT2D eigenvalue weighted by Crippen LogP contribution is 2.35. The molecule has 1 aliphatic carbocycles. The lowest BCUT2D eigenvalue weighted by atomic mass is 9.74. The Morgan fingerprint density at radius 3 is 2.32 bits per heavy atom. The van der Waals surface area contributed by atoms with Crippen LogP contribution in [0, 0.1) is 6.92 Å². The Morgan fingerprint density at radius 2 is 1.80 bits per heavy atom. The first-order valence-corrected chi connectivity index (χ1v) is 8.96. The largest absolute Gasteiger partial charge is 0.456 e. The van der Waals surface area contributed by atoms with Crippen molar-refractivity contribution in [1.29, 1.82) is 0 Å². The summed E-state index contributed by atoms with van der Waals surface area (Å²) in [4.78, 5) is 25.0. The van der Waals surface area contributed by atoms with Gasteiger partial charge in [0.25, 0.3) is 5.91 Å². The highest BCUT2D eigenvalue weighted by Gasteiger charge is 2.37. The molecule has 0 aromatic heterocycles. The SMILES string of the molecule is CC(=O)OCC(=O)NC1CCC(Cc2ccc(C)cc2)(N(C)C)CC1. The lowest BCUT2D eigenvalue weighted by Gasteiger charge is -2.45. The van der Waals surface area contributed by atoms with Gasteiger partial charge in [0, 0.05) is 18.5 Å². The van der Waals surface area contributed by atoms with Crippen molar-refractivity contribution in [2.45, 2.75) is 57.5 Å². The number of hydrogen-bond donors (Lipinski definition) is 1. The van der Waals surface area contributed by atoms with Gasteiger partial charge < -0.3 is 15.0 Å². The van der Waals surface area contributed by atoms with Gasteiger partial charge in [-0.2, -0.15) is 0 Å². The van der Waals surface area contributed by atoms with Crippen molar-refractivity contribution in [3.05, 3.63) is 35.4 Å². The number of ether oxygens (including phenoxy) is 1. The van der Waals surface area contributed by atoms with E-state index in [4.69, 9.17) is 4.74 Å². The van der Waals surface area contributed by atoms with Gasteiger partial charge in [-0.1, -0.05) is 29.8 Å². The van der Waals surface area contributed by atoms with Gasteiger partial charge >= 0.3 is 5.97 Å². The van der Waals surface area contributed by atoms with Crippen molar-refractivity contribution in [1.82, 2.24) is 10.2 Å². The summed E-state index contributed by atoms with van der Waals surface area (Å²) in [6.07, 6.45) is 4.97. The quantitative estimate of drug-likeness (QED) is 0.804. The summed E-state index contributed by atoms with van der Waals surface area (Å²) in [5, 5.41) is 2.99. The van der Waals surface area contributed by atoms with Crippen molar-refractivity contribution in [3.8, 4) is 0 Å². The molecule has 0 saturated heterocycles. The molecule has 0 heterocycles. The zero-order chi connectivity index (χ0) is 18.4. The lowest BCUT2D eigenvalue weighted by molar-refractivity contribution is -0.146. The summed E-state index contributed by atoms with van der Waals surface area (Å²) in [6.45, 7) is 3.23. The number of esters is 1. The Balaban J connectivity index is 1.92. The molecule has 1 aliphatic rings. The minimum atomic E-state index is -0.427. The highest BCUT2D eigenvalue weighted by molar-refractivity contribution is 5.80. The molecule has 1 N–H and O–H groups in total. The first kappa shape index (κ1) is 19.4. The fourth-order valence-corrected chi connectivity index (χ4v) is 3.60. The van der Waals surface area contributed by atoms with Crippen LogP contribution in [0.1, 0.15) is 43.7 Å². The molecule has 25 heavy (non-hydrogen) atoms. The Kier molecular flexibility index (Phi) is 6.59. The van der Waals surface area contributed by atoms with Crippen molar-refractivity contribution in [3.63, 3.8) is 0 Å². The molecule has 5 heteroatoms. The third-order valence-corrected chi connectivity index (χ3v) is 5.29. The van der Waals surface area contributed by atoms with Crippen LogP contribution in [0.25, 0.3) is 0 Å². The Bertz CT molecular complexity index is 587. The molecular formula is C20H30N2O3. The topological polar surface area (TPSA) is 58.6 Å². The van der Waals surface area contributed by atoms with E-state index in [1.807, 2.05) is 0 Å². The molecule has 138 valence electrons. The molecule has 1 saturated carbocycles. The number of carbonyl (C=O) groups is 2. The van der Waals surface area contributed by atoms with Crippen LogP contribution in [0.4, 0.5) is 0 Å². The molecule has 0 bridgehead atoms. The van der Waals surface area contributed by atoms with E-state index in [0.717, 1.165) is 32.1 Å². The minimum Gasteiger partial charge on any atom is -0.456 e. The van der Waals surface area contributed by atoms with Crippen molar-refractivity contribution >= 4 is 11.9 Å². The Hall–Kier alpha value is -1.88. The van der Waals surface area contributed by atoms with E-state index in [-0.39, 0.29) is 24.1 Å². The molecule has 1 amide bonds. The number of nitrogens with zero attached hydrogens (tertiary/aromatic N) is 1. The summed E-state index contributed by atoms with van der Waals surface area (Å²) in [6, 6.07) is 8.93. The Morgan fingerprint density at radius 1 is 1.20 bits per heavy atom. The molecule has 1 fully saturated rings. The molecule has 0 radical (unpaired) electrons. The normalized spacial score (nSPS) is 23.3. The molecule has 2 rings (SSSR count). The van der Waals surface area contributed by atoms with Gasteiger partial charge in [0.2, 0.25) is 0 Å². The summed E-state index contributed by atoms with van der Waals surface area (Å²) in [7, 11) is 4.29. The molecule has 5 nitrogen and oxygen atoms in total. The molecule has 0 spiro atoms. The summed E-state index contributed by atoms with van der Waals surface area (Å²) in [5.74, 6) is -0.639. The zero-order valence-corrected chi connectivity index (χ0v) is 15.8. The van der Waals surface area contributed by atoms with Crippen LogP contribution in [-0.4, -0.2) is 49.1 Å². The number of nitrogens with one attached hydrogen (secondary N) is 1. The maximum Gasteiger partial charge on any atom is 0.303 e.